The molecular formula is C58H54BN3O. The van der Waals surface area contributed by atoms with E-state index in [0.29, 0.717) is 0 Å². The standard InChI is InChI=1S/C58H54BN3O/c1-55(2,3)34-23-25-47-41(29-34)58(10,11)42-30-36(57(7,8)9)32-44-53(42)61(47)48-27-33(28-50-51(48)59(44)43-31-35(56(4,5)6)24-26-49(43)63-50)37-20-16-21-45-52(37)62-46-22-15-14-18-39(46)38-17-12-13-19-40(38)54(62)60-45/h12-32H,1-11H3. The highest BCUT2D eigenvalue weighted by Crippen LogP contribution is 2.55. The molecule has 0 saturated heterocycles. The first-order valence-electron chi connectivity index (χ1n) is 22.7. The van der Waals surface area contributed by atoms with Crippen LogP contribution in [0, 0.1) is 0 Å². The molecule has 0 saturated carbocycles. The summed E-state index contributed by atoms with van der Waals surface area (Å²) < 4.78 is 9.66. The molecule has 9 aromatic rings. The van der Waals surface area contributed by atoms with E-state index in [1.165, 1.54) is 72.0 Å². The number of benzene rings is 7. The van der Waals surface area contributed by atoms with Crippen LogP contribution in [0.4, 0.5) is 17.1 Å². The predicted molar refractivity (Wildman–Crippen MR) is 267 cm³/mol. The van der Waals surface area contributed by atoms with E-state index in [2.05, 4.69) is 213 Å². The average Bonchev–Trinajstić information content (AvgIpc) is 3.65. The quantitative estimate of drug-likeness (QED) is 0.122. The van der Waals surface area contributed by atoms with Crippen LogP contribution in [0.25, 0.3) is 49.5 Å². The first-order chi connectivity index (χ1) is 29.9. The number of rotatable bonds is 1. The summed E-state index contributed by atoms with van der Waals surface area (Å²) in [5.41, 5.74) is 20.4. The van der Waals surface area contributed by atoms with E-state index in [9.17, 15) is 0 Å². The van der Waals surface area contributed by atoms with Gasteiger partial charge < -0.3 is 9.64 Å². The summed E-state index contributed by atoms with van der Waals surface area (Å²) in [5.74, 6) is 1.85. The molecule has 5 heteroatoms. The van der Waals surface area contributed by atoms with Crippen LogP contribution < -0.4 is 26.0 Å². The number of para-hydroxylation sites is 2. The largest absolute Gasteiger partial charge is 0.458 e. The number of ether oxygens (including phenoxy) is 1. The lowest BCUT2D eigenvalue weighted by molar-refractivity contribution is 0.486. The second kappa shape index (κ2) is 12.4. The Morgan fingerprint density at radius 1 is 0.556 bits per heavy atom. The van der Waals surface area contributed by atoms with Crippen molar-refractivity contribution in [3.63, 3.8) is 0 Å². The van der Waals surface area contributed by atoms with E-state index in [-0.39, 0.29) is 28.4 Å². The van der Waals surface area contributed by atoms with Crippen molar-refractivity contribution < 1.29 is 4.74 Å². The minimum absolute atomic E-state index is 0.000385. The molecule has 0 bridgehead atoms. The van der Waals surface area contributed by atoms with Crippen LogP contribution in [0.15, 0.2) is 127 Å². The molecule has 0 atom stereocenters. The molecule has 63 heavy (non-hydrogen) atoms. The summed E-state index contributed by atoms with van der Waals surface area (Å²) >= 11 is 0. The predicted octanol–water partition coefficient (Wildman–Crippen LogP) is 13.4. The number of aromatic nitrogens is 2. The topological polar surface area (TPSA) is 29.8 Å². The SMILES string of the molecule is CC(C)(C)c1ccc2c(c1)B1c3cc(C(C)(C)C)cc4c3N(c3ccc(C(C)(C)C)cc3C4(C)C)c3cc(-c4cccc5nc6c7ccccc7c7ccccc7n6c45)cc(c31)O2. The fourth-order valence-corrected chi connectivity index (χ4v) is 11.1. The van der Waals surface area contributed by atoms with Gasteiger partial charge >= 0.3 is 0 Å². The van der Waals surface area contributed by atoms with E-state index in [4.69, 9.17) is 9.72 Å². The van der Waals surface area contributed by atoms with Gasteiger partial charge in [0, 0.05) is 33.1 Å². The molecule has 4 nitrogen and oxygen atoms in total. The fraction of sp³-hybridized carbons (Fsp3) is 0.259. The molecule has 3 aliphatic rings. The third kappa shape index (κ3) is 5.32. The Balaban J connectivity index is 1.22. The number of pyridine rings is 1. The Bertz CT molecular complexity index is 3480. The van der Waals surface area contributed by atoms with Gasteiger partial charge in [-0.2, -0.15) is 0 Å². The molecule has 12 rings (SSSR count). The Morgan fingerprint density at radius 2 is 1.21 bits per heavy atom. The molecule has 0 fully saturated rings. The van der Waals surface area contributed by atoms with Gasteiger partial charge in [-0.15, -0.1) is 0 Å². The zero-order valence-corrected chi connectivity index (χ0v) is 38.5. The average molecular weight is 820 g/mol. The number of hydrogen-bond acceptors (Lipinski definition) is 3. The molecule has 2 aromatic heterocycles. The number of hydrogen-bond donors (Lipinski definition) is 0. The zero-order chi connectivity index (χ0) is 43.7. The van der Waals surface area contributed by atoms with Gasteiger partial charge in [-0.05, 0) is 108 Å². The summed E-state index contributed by atoms with van der Waals surface area (Å²) in [7, 11) is 0. The van der Waals surface area contributed by atoms with Crippen LogP contribution in [-0.2, 0) is 21.7 Å². The van der Waals surface area contributed by atoms with Crippen molar-refractivity contribution in [2.24, 2.45) is 0 Å². The summed E-state index contributed by atoms with van der Waals surface area (Å²) in [4.78, 5) is 8.01. The third-order valence-electron chi connectivity index (χ3n) is 14.6. The minimum atomic E-state index is -0.260. The van der Waals surface area contributed by atoms with Crippen molar-refractivity contribution >= 4 is 78.5 Å². The molecule has 0 N–H and O–H groups in total. The lowest BCUT2D eigenvalue weighted by atomic mass is 9.33. The summed E-state index contributed by atoms with van der Waals surface area (Å²) in [5, 5.41) is 3.58. The highest BCUT2D eigenvalue weighted by molar-refractivity contribution is 6.99. The number of imidazole rings is 1. The van der Waals surface area contributed by atoms with Crippen molar-refractivity contribution in [3.05, 3.63) is 155 Å². The van der Waals surface area contributed by atoms with Gasteiger partial charge in [-0.1, -0.05) is 167 Å². The normalized spacial score (nSPS) is 15.1. The first-order valence-corrected chi connectivity index (χ1v) is 22.7. The van der Waals surface area contributed by atoms with Crippen LogP contribution in [-0.4, -0.2) is 16.1 Å². The fourth-order valence-electron chi connectivity index (χ4n) is 11.1. The second-order valence-electron chi connectivity index (χ2n) is 22.1. The Labute approximate surface area is 371 Å². The molecule has 0 amide bonds. The Morgan fingerprint density at radius 3 is 1.95 bits per heavy atom. The van der Waals surface area contributed by atoms with Gasteiger partial charge in [0.2, 0.25) is 0 Å². The van der Waals surface area contributed by atoms with Gasteiger partial charge in [-0.25, -0.2) is 4.98 Å². The van der Waals surface area contributed by atoms with E-state index in [1.807, 2.05) is 0 Å². The van der Waals surface area contributed by atoms with Gasteiger partial charge in [0.1, 0.15) is 17.1 Å². The van der Waals surface area contributed by atoms with Crippen molar-refractivity contribution in [1.82, 2.24) is 9.38 Å². The highest BCUT2D eigenvalue weighted by Gasteiger charge is 2.49. The van der Waals surface area contributed by atoms with Crippen LogP contribution >= 0.6 is 0 Å². The van der Waals surface area contributed by atoms with Gasteiger partial charge in [-0.3, -0.25) is 4.40 Å². The van der Waals surface area contributed by atoms with Crippen molar-refractivity contribution in [1.29, 1.82) is 0 Å². The molecule has 0 spiro atoms. The Kier molecular flexibility index (Phi) is 7.57. The Hall–Kier alpha value is -6.33. The highest BCUT2D eigenvalue weighted by atomic mass is 16.5. The molecular weight excluding hydrogens is 765 g/mol. The van der Waals surface area contributed by atoms with Gasteiger partial charge in [0.25, 0.3) is 6.71 Å². The third-order valence-corrected chi connectivity index (χ3v) is 14.6. The van der Waals surface area contributed by atoms with Gasteiger partial charge in [0.05, 0.1) is 22.2 Å². The van der Waals surface area contributed by atoms with E-state index in [1.54, 1.807) is 0 Å². The lowest BCUT2D eigenvalue weighted by Crippen LogP contribution is -2.61. The zero-order valence-electron chi connectivity index (χ0n) is 38.5. The van der Waals surface area contributed by atoms with Crippen LogP contribution in [0.2, 0.25) is 0 Å². The van der Waals surface area contributed by atoms with Crippen LogP contribution in [0.3, 0.4) is 0 Å². The molecule has 0 aliphatic carbocycles. The van der Waals surface area contributed by atoms with E-state index >= 15 is 0 Å². The van der Waals surface area contributed by atoms with Gasteiger partial charge in [0.15, 0.2) is 0 Å². The minimum Gasteiger partial charge on any atom is -0.458 e. The van der Waals surface area contributed by atoms with Crippen molar-refractivity contribution in [2.75, 3.05) is 4.90 Å². The smallest absolute Gasteiger partial charge is 0.256 e. The number of nitrogens with zero attached hydrogens (tertiary/aromatic N) is 3. The van der Waals surface area contributed by atoms with Crippen LogP contribution in [0.5, 0.6) is 11.5 Å². The van der Waals surface area contributed by atoms with Crippen molar-refractivity contribution in [3.8, 4) is 22.6 Å². The maximum atomic E-state index is 7.26. The number of anilines is 3. The maximum Gasteiger partial charge on any atom is 0.256 e. The second-order valence-corrected chi connectivity index (χ2v) is 22.1. The maximum absolute atomic E-state index is 7.26. The molecule has 0 radical (unpaired) electrons. The summed E-state index contributed by atoms with van der Waals surface area (Å²) in [6.07, 6.45) is 0. The first kappa shape index (κ1) is 38.4. The van der Waals surface area contributed by atoms with E-state index in [0.717, 1.165) is 50.2 Å². The molecule has 0 unspecified atom stereocenters. The number of fused-ring (bicyclic) bond motifs is 14. The monoisotopic (exact) mass is 819 g/mol. The molecule has 310 valence electrons. The van der Waals surface area contributed by atoms with Crippen molar-refractivity contribution in [2.45, 2.75) is 97.8 Å². The summed E-state index contributed by atoms with van der Waals surface area (Å²) in [6.45, 7) is 25.9. The van der Waals surface area contributed by atoms with E-state index < -0.39 is 0 Å². The molecule has 7 aromatic carbocycles. The molecule has 3 aliphatic heterocycles. The summed E-state index contributed by atoms with van der Waals surface area (Å²) in [6, 6.07) is 48.1. The van der Waals surface area contributed by atoms with Crippen LogP contribution in [0.1, 0.15) is 104 Å². The molecule has 5 heterocycles. The lowest BCUT2D eigenvalue weighted by Gasteiger charge is -2.49.